The van der Waals surface area contributed by atoms with Crippen LogP contribution in [0.4, 0.5) is 5.95 Å². The van der Waals surface area contributed by atoms with Gasteiger partial charge in [-0.2, -0.15) is 0 Å². The van der Waals surface area contributed by atoms with Gasteiger partial charge in [0.15, 0.2) is 0 Å². The van der Waals surface area contributed by atoms with Gasteiger partial charge in [0.1, 0.15) is 0 Å². The Morgan fingerprint density at radius 2 is 1.64 bits per heavy atom. The van der Waals surface area contributed by atoms with Crippen molar-refractivity contribution in [1.29, 1.82) is 0 Å². The summed E-state index contributed by atoms with van der Waals surface area (Å²) in [5.74, 6) is 0.881. The summed E-state index contributed by atoms with van der Waals surface area (Å²) >= 11 is 0. The quantitative estimate of drug-likeness (QED) is 0.691. The van der Waals surface area contributed by atoms with Crippen molar-refractivity contribution >= 4 is 22.8 Å². The van der Waals surface area contributed by atoms with Gasteiger partial charge < -0.3 is 9.80 Å². The normalized spacial score (nSPS) is 16.9. The number of benzene rings is 1. The summed E-state index contributed by atoms with van der Waals surface area (Å²) < 4.78 is 0. The Balaban J connectivity index is 1.45. The van der Waals surface area contributed by atoms with Crippen LogP contribution in [-0.4, -0.2) is 51.9 Å². The minimum Gasteiger partial charge on any atom is -0.337 e. The molecule has 1 aliphatic heterocycles. The van der Waals surface area contributed by atoms with Crippen molar-refractivity contribution in [2.24, 2.45) is 0 Å². The molecule has 142 valence electrons. The fraction of sp³-hybridized carbons (Fsp3) is 0.364. The molecule has 3 heterocycles. The predicted molar refractivity (Wildman–Crippen MR) is 109 cm³/mol. The number of amides is 1. The van der Waals surface area contributed by atoms with Gasteiger partial charge in [0.2, 0.25) is 5.95 Å². The average Bonchev–Trinajstić information content (AvgIpc) is 2.77. The highest BCUT2D eigenvalue weighted by atomic mass is 16.2. The number of anilines is 1. The molecule has 5 rings (SSSR count). The number of hydrogen-bond acceptors (Lipinski definition) is 5. The number of rotatable bonds is 2. The molecule has 1 aromatic carbocycles. The molecule has 1 aliphatic carbocycles. The molecule has 0 bridgehead atoms. The van der Waals surface area contributed by atoms with E-state index < -0.39 is 0 Å². The Morgan fingerprint density at radius 3 is 2.46 bits per heavy atom. The van der Waals surface area contributed by atoms with Gasteiger partial charge in [-0.3, -0.25) is 9.78 Å². The van der Waals surface area contributed by atoms with Crippen LogP contribution in [0.25, 0.3) is 10.9 Å². The second kappa shape index (κ2) is 7.19. The second-order valence-corrected chi connectivity index (χ2v) is 7.46. The summed E-state index contributed by atoms with van der Waals surface area (Å²) in [4.78, 5) is 31.2. The van der Waals surface area contributed by atoms with Crippen LogP contribution in [0.2, 0.25) is 0 Å². The van der Waals surface area contributed by atoms with E-state index in [0.29, 0.717) is 13.1 Å². The molecule has 28 heavy (non-hydrogen) atoms. The van der Waals surface area contributed by atoms with Gasteiger partial charge in [-0.25, -0.2) is 9.97 Å². The van der Waals surface area contributed by atoms with Crippen molar-refractivity contribution < 1.29 is 4.79 Å². The van der Waals surface area contributed by atoms with Gasteiger partial charge in [-0.15, -0.1) is 0 Å². The zero-order valence-electron chi connectivity index (χ0n) is 15.8. The molecule has 0 unspecified atom stereocenters. The fourth-order valence-corrected chi connectivity index (χ4v) is 4.34. The number of fused-ring (bicyclic) bond motifs is 2. The first-order valence-electron chi connectivity index (χ1n) is 10.0. The highest BCUT2D eigenvalue weighted by Crippen LogP contribution is 2.30. The van der Waals surface area contributed by atoms with Gasteiger partial charge in [0, 0.05) is 49.7 Å². The van der Waals surface area contributed by atoms with Crippen LogP contribution in [0.1, 0.15) is 34.5 Å². The molecule has 0 N–H and O–H groups in total. The minimum atomic E-state index is 0.144. The maximum Gasteiger partial charge on any atom is 0.255 e. The number of aryl methyl sites for hydroxylation is 1. The van der Waals surface area contributed by atoms with Crippen molar-refractivity contribution in [2.75, 3.05) is 31.1 Å². The first-order valence-corrected chi connectivity index (χ1v) is 10.0. The van der Waals surface area contributed by atoms with E-state index in [-0.39, 0.29) is 5.91 Å². The molecule has 3 aromatic rings. The van der Waals surface area contributed by atoms with E-state index in [1.165, 1.54) is 5.56 Å². The monoisotopic (exact) mass is 373 g/mol. The number of carbonyl (C=O) groups is 1. The standard InChI is InChI=1S/C22H23N5O/c28-21(26-12-14-27(15-13-26)22-23-10-5-11-24-22)20-16-6-1-3-8-18(16)25-19-9-4-2-7-17(19)20/h1,3,5-6,8,10-11H,2,4,7,9,12-15H2. The third-order valence-corrected chi connectivity index (χ3v) is 5.79. The molecule has 0 spiro atoms. The Bertz CT molecular complexity index is 1010. The highest BCUT2D eigenvalue weighted by Gasteiger charge is 2.28. The molecule has 1 saturated heterocycles. The molecule has 6 nitrogen and oxygen atoms in total. The number of carbonyl (C=O) groups excluding carboxylic acids is 1. The second-order valence-electron chi connectivity index (χ2n) is 7.46. The molecule has 6 heteroatoms. The number of para-hydroxylation sites is 1. The lowest BCUT2D eigenvalue weighted by molar-refractivity contribution is 0.0746. The largest absolute Gasteiger partial charge is 0.337 e. The van der Waals surface area contributed by atoms with Crippen LogP contribution in [0, 0.1) is 0 Å². The maximum absolute atomic E-state index is 13.6. The topological polar surface area (TPSA) is 62.2 Å². The Kier molecular flexibility index (Phi) is 4.39. The lowest BCUT2D eigenvalue weighted by atomic mass is 9.89. The van der Waals surface area contributed by atoms with E-state index in [1.54, 1.807) is 12.4 Å². The van der Waals surface area contributed by atoms with Crippen LogP contribution in [0.3, 0.4) is 0 Å². The lowest BCUT2D eigenvalue weighted by Gasteiger charge is -2.35. The van der Waals surface area contributed by atoms with Crippen LogP contribution >= 0.6 is 0 Å². The highest BCUT2D eigenvalue weighted by molar-refractivity contribution is 6.07. The number of hydrogen-bond donors (Lipinski definition) is 0. The van der Waals surface area contributed by atoms with Crippen LogP contribution in [0.15, 0.2) is 42.7 Å². The Hall–Kier alpha value is -3.02. The number of nitrogens with zero attached hydrogens (tertiary/aromatic N) is 5. The zero-order valence-corrected chi connectivity index (χ0v) is 15.8. The van der Waals surface area contributed by atoms with Gasteiger partial charge in [0.25, 0.3) is 5.91 Å². The minimum absolute atomic E-state index is 0.144. The first-order chi connectivity index (χ1) is 13.8. The van der Waals surface area contributed by atoms with Gasteiger partial charge in [0.05, 0.1) is 11.1 Å². The van der Waals surface area contributed by atoms with E-state index in [1.807, 2.05) is 35.2 Å². The maximum atomic E-state index is 13.6. The molecule has 2 aromatic heterocycles. The molecular weight excluding hydrogens is 350 g/mol. The third-order valence-electron chi connectivity index (χ3n) is 5.79. The predicted octanol–water partition coefficient (Wildman–Crippen LogP) is 2.87. The van der Waals surface area contributed by atoms with E-state index in [2.05, 4.69) is 14.9 Å². The van der Waals surface area contributed by atoms with Crippen molar-refractivity contribution in [3.8, 4) is 0 Å². The average molecular weight is 373 g/mol. The van der Waals surface area contributed by atoms with Crippen molar-refractivity contribution in [1.82, 2.24) is 19.9 Å². The lowest BCUT2D eigenvalue weighted by Crippen LogP contribution is -2.49. The van der Waals surface area contributed by atoms with Crippen molar-refractivity contribution in [2.45, 2.75) is 25.7 Å². The fourth-order valence-electron chi connectivity index (χ4n) is 4.34. The van der Waals surface area contributed by atoms with Crippen molar-refractivity contribution in [3.05, 3.63) is 59.5 Å². The number of pyridine rings is 1. The summed E-state index contributed by atoms with van der Waals surface area (Å²) in [6.45, 7) is 2.87. The summed E-state index contributed by atoms with van der Waals surface area (Å²) in [7, 11) is 0. The summed E-state index contributed by atoms with van der Waals surface area (Å²) in [5, 5.41) is 0.988. The number of aromatic nitrogens is 3. The smallest absolute Gasteiger partial charge is 0.255 e. The van der Waals surface area contributed by atoms with E-state index >= 15 is 0 Å². The Labute approximate surface area is 164 Å². The molecule has 2 aliphatic rings. The van der Waals surface area contributed by atoms with E-state index in [9.17, 15) is 4.79 Å². The van der Waals surface area contributed by atoms with Gasteiger partial charge in [-0.1, -0.05) is 18.2 Å². The van der Waals surface area contributed by atoms with Crippen LogP contribution in [0.5, 0.6) is 0 Å². The zero-order chi connectivity index (χ0) is 18.9. The first kappa shape index (κ1) is 17.1. The van der Waals surface area contributed by atoms with Crippen LogP contribution in [-0.2, 0) is 12.8 Å². The number of piperazine rings is 1. The SMILES string of the molecule is O=C(c1c2c(nc3ccccc13)CCCC2)N1CCN(c2ncccn2)CC1. The molecule has 0 atom stereocenters. The molecule has 1 fully saturated rings. The Morgan fingerprint density at radius 1 is 0.893 bits per heavy atom. The third kappa shape index (κ3) is 2.99. The van der Waals surface area contributed by atoms with Gasteiger partial charge in [-0.05, 0) is 43.4 Å². The summed E-state index contributed by atoms with van der Waals surface area (Å²) in [6, 6.07) is 9.88. The summed E-state index contributed by atoms with van der Waals surface area (Å²) in [5.41, 5.74) is 4.10. The molecule has 1 amide bonds. The molecular formula is C22H23N5O. The van der Waals surface area contributed by atoms with Crippen LogP contribution < -0.4 is 4.90 Å². The van der Waals surface area contributed by atoms with E-state index in [4.69, 9.17) is 4.98 Å². The van der Waals surface area contributed by atoms with Crippen molar-refractivity contribution in [3.63, 3.8) is 0 Å². The van der Waals surface area contributed by atoms with E-state index in [0.717, 1.165) is 66.9 Å². The summed E-state index contributed by atoms with van der Waals surface area (Å²) in [6.07, 6.45) is 7.73. The van der Waals surface area contributed by atoms with Gasteiger partial charge >= 0.3 is 0 Å². The molecule has 0 saturated carbocycles. The molecule has 0 radical (unpaired) electrons.